The number of aromatic nitrogens is 2. The number of amides is 2. The minimum absolute atomic E-state index is 0.181. The van der Waals surface area contributed by atoms with Crippen LogP contribution in [0.2, 0.25) is 0 Å². The summed E-state index contributed by atoms with van der Waals surface area (Å²) in [6, 6.07) is 6.73. The molecule has 1 heterocycles. The third-order valence-electron chi connectivity index (χ3n) is 2.72. The summed E-state index contributed by atoms with van der Waals surface area (Å²) < 4.78 is 0. The van der Waals surface area contributed by atoms with E-state index in [0.29, 0.717) is 22.3 Å². The van der Waals surface area contributed by atoms with Crippen molar-refractivity contribution in [3.05, 3.63) is 34.8 Å². The number of carbonyl (C=O) groups is 2. The molecule has 0 saturated carbocycles. The maximum absolute atomic E-state index is 12.2. The van der Waals surface area contributed by atoms with Gasteiger partial charge >= 0.3 is 0 Å². The van der Waals surface area contributed by atoms with Crippen LogP contribution in [0.4, 0.5) is 10.8 Å². The van der Waals surface area contributed by atoms with Crippen LogP contribution in [-0.4, -0.2) is 22.0 Å². The van der Waals surface area contributed by atoms with Crippen molar-refractivity contribution in [2.75, 3.05) is 10.6 Å². The summed E-state index contributed by atoms with van der Waals surface area (Å²) in [5.41, 5.74) is 1.03. The van der Waals surface area contributed by atoms with Gasteiger partial charge in [-0.25, -0.2) is 0 Å². The van der Waals surface area contributed by atoms with E-state index in [4.69, 9.17) is 0 Å². The first-order valence-electron chi connectivity index (χ1n) is 6.95. The molecule has 22 heavy (non-hydrogen) atoms. The van der Waals surface area contributed by atoms with Crippen LogP contribution in [-0.2, 0) is 11.2 Å². The fourth-order valence-electron chi connectivity index (χ4n) is 1.85. The van der Waals surface area contributed by atoms with Gasteiger partial charge < -0.3 is 5.32 Å². The highest BCUT2D eigenvalue weighted by molar-refractivity contribution is 7.15. The Kier molecular flexibility index (Phi) is 5.21. The minimum atomic E-state index is -0.278. The van der Waals surface area contributed by atoms with E-state index >= 15 is 0 Å². The van der Waals surface area contributed by atoms with Crippen LogP contribution in [0, 0.1) is 5.92 Å². The number of benzene rings is 1. The number of carbonyl (C=O) groups excluding carboxylic acids is 2. The van der Waals surface area contributed by atoms with Crippen LogP contribution in [0.25, 0.3) is 0 Å². The van der Waals surface area contributed by atoms with Crippen LogP contribution in [0.1, 0.15) is 36.1 Å². The summed E-state index contributed by atoms with van der Waals surface area (Å²) in [6.45, 7) is 5.63. The first-order chi connectivity index (χ1) is 10.4. The summed E-state index contributed by atoms with van der Waals surface area (Å²) >= 11 is 1.38. The molecule has 1 aromatic heterocycles. The smallest absolute Gasteiger partial charge is 0.257 e. The van der Waals surface area contributed by atoms with Gasteiger partial charge in [0.1, 0.15) is 5.01 Å². The molecule has 0 aliphatic carbocycles. The van der Waals surface area contributed by atoms with Gasteiger partial charge in [0.2, 0.25) is 11.0 Å². The molecule has 0 atom stereocenters. The van der Waals surface area contributed by atoms with Crippen LogP contribution >= 0.6 is 11.3 Å². The van der Waals surface area contributed by atoms with Crippen molar-refractivity contribution in [3.63, 3.8) is 0 Å². The zero-order valence-electron chi connectivity index (χ0n) is 12.7. The molecule has 2 rings (SSSR count). The third-order valence-corrected chi connectivity index (χ3v) is 3.58. The van der Waals surface area contributed by atoms with E-state index in [9.17, 15) is 9.59 Å². The number of nitrogens with one attached hydrogen (secondary N) is 2. The van der Waals surface area contributed by atoms with Crippen LogP contribution in [0.15, 0.2) is 24.3 Å². The molecule has 0 fully saturated rings. The van der Waals surface area contributed by atoms with Crippen LogP contribution in [0.5, 0.6) is 0 Å². The normalized spacial score (nSPS) is 10.5. The van der Waals surface area contributed by atoms with E-state index in [0.717, 1.165) is 11.4 Å². The quantitative estimate of drug-likeness (QED) is 0.887. The lowest BCUT2D eigenvalue weighted by atomic mass is 10.1. The highest BCUT2D eigenvalue weighted by Crippen LogP contribution is 2.19. The molecule has 0 spiro atoms. The molecule has 2 amide bonds. The third kappa shape index (κ3) is 4.63. The van der Waals surface area contributed by atoms with E-state index < -0.39 is 0 Å². The summed E-state index contributed by atoms with van der Waals surface area (Å²) in [6.07, 6.45) is 0.839. The second-order valence-corrected chi connectivity index (χ2v) is 6.38. The maximum Gasteiger partial charge on any atom is 0.257 e. The van der Waals surface area contributed by atoms with Crippen molar-refractivity contribution >= 4 is 34.0 Å². The molecule has 0 bridgehead atoms. The number of nitrogens with zero attached hydrogens (tertiary/aromatic N) is 2. The predicted molar refractivity (Wildman–Crippen MR) is 87.1 cm³/mol. The Morgan fingerprint density at radius 1 is 1.23 bits per heavy atom. The molecule has 7 heteroatoms. The van der Waals surface area contributed by atoms with Gasteiger partial charge in [0, 0.05) is 24.6 Å². The van der Waals surface area contributed by atoms with E-state index in [1.54, 1.807) is 24.3 Å². The fraction of sp³-hybridized carbons (Fsp3) is 0.333. The second-order valence-electron chi connectivity index (χ2n) is 5.32. The van der Waals surface area contributed by atoms with Crippen molar-refractivity contribution in [3.8, 4) is 0 Å². The highest BCUT2D eigenvalue weighted by atomic mass is 32.1. The molecule has 0 radical (unpaired) electrons. The van der Waals surface area contributed by atoms with E-state index in [1.165, 1.54) is 18.3 Å². The first-order valence-corrected chi connectivity index (χ1v) is 7.77. The average molecular weight is 318 g/mol. The van der Waals surface area contributed by atoms with Crippen LogP contribution < -0.4 is 10.6 Å². The molecular weight excluding hydrogens is 300 g/mol. The number of hydrogen-bond acceptors (Lipinski definition) is 5. The van der Waals surface area contributed by atoms with Gasteiger partial charge in [-0.3, -0.25) is 14.9 Å². The Morgan fingerprint density at radius 2 is 2.00 bits per heavy atom. The van der Waals surface area contributed by atoms with Crippen molar-refractivity contribution in [1.29, 1.82) is 0 Å². The van der Waals surface area contributed by atoms with Gasteiger partial charge in [-0.1, -0.05) is 31.3 Å². The Bertz CT molecular complexity index is 682. The zero-order valence-corrected chi connectivity index (χ0v) is 13.5. The van der Waals surface area contributed by atoms with Gasteiger partial charge in [0.25, 0.3) is 5.91 Å². The van der Waals surface area contributed by atoms with Gasteiger partial charge in [-0.05, 0) is 24.1 Å². The molecule has 0 aliphatic rings. The molecule has 2 N–H and O–H groups in total. The lowest BCUT2D eigenvalue weighted by molar-refractivity contribution is -0.114. The number of hydrogen-bond donors (Lipinski definition) is 2. The van der Waals surface area contributed by atoms with Crippen LogP contribution in [0.3, 0.4) is 0 Å². The van der Waals surface area contributed by atoms with E-state index in [1.807, 2.05) is 0 Å². The molecule has 0 saturated heterocycles. The Hall–Kier alpha value is -2.28. The van der Waals surface area contributed by atoms with E-state index in [-0.39, 0.29) is 11.8 Å². The topological polar surface area (TPSA) is 84.0 Å². The van der Waals surface area contributed by atoms with Crippen molar-refractivity contribution in [2.24, 2.45) is 5.92 Å². The predicted octanol–water partition coefficient (Wildman–Crippen LogP) is 2.95. The minimum Gasteiger partial charge on any atom is -0.326 e. The maximum atomic E-state index is 12.2. The van der Waals surface area contributed by atoms with Gasteiger partial charge in [-0.2, -0.15) is 0 Å². The lowest BCUT2D eigenvalue weighted by Gasteiger charge is -2.05. The molecule has 1 aromatic carbocycles. The monoisotopic (exact) mass is 318 g/mol. The Morgan fingerprint density at radius 3 is 2.68 bits per heavy atom. The summed E-state index contributed by atoms with van der Waals surface area (Å²) in [7, 11) is 0. The molecule has 2 aromatic rings. The molecule has 116 valence electrons. The van der Waals surface area contributed by atoms with Crippen molar-refractivity contribution in [1.82, 2.24) is 10.2 Å². The average Bonchev–Trinajstić information content (AvgIpc) is 2.84. The van der Waals surface area contributed by atoms with Crippen molar-refractivity contribution < 1.29 is 9.59 Å². The van der Waals surface area contributed by atoms with Gasteiger partial charge in [0.15, 0.2) is 0 Å². The van der Waals surface area contributed by atoms with Gasteiger partial charge in [0.05, 0.1) is 0 Å². The SMILES string of the molecule is CC(=O)Nc1cccc(C(=O)Nc2nnc(CC(C)C)s2)c1. The first kappa shape index (κ1) is 16.1. The Balaban J connectivity index is 2.05. The molecular formula is C15H18N4O2S. The van der Waals surface area contributed by atoms with Crippen molar-refractivity contribution in [2.45, 2.75) is 27.2 Å². The summed E-state index contributed by atoms with van der Waals surface area (Å²) in [4.78, 5) is 23.2. The molecule has 0 aliphatic heterocycles. The number of rotatable bonds is 5. The van der Waals surface area contributed by atoms with E-state index in [2.05, 4.69) is 34.7 Å². The fourth-order valence-corrected chi connectivity index (χ4v) is 2.79. The highest BCUT2D eigenvalue weighted by Gasteiger charge is 2.11. The number of anilines is 2. The summed E-state index contributed by atoms with van der Waals surface area (Å²) in [5.74, 6) is 0.0327. The molecule has 6 nitrogen and oxygen atoms in total. The lowest BCUT2D eigenvalue weighted by Crippen LogP contribution is -2.13. The largest absolute Gasteiger partial charge is 0.326 e. The molecule has 0 unspecified atom stereocenters. The summed E-state index contributed by atoms with van der Waals surface area (Å²) in [5, 5.41) is 14.8. The zero-order chi connectivity index (χ0) is 16.1. The standard InChI is InChI=1S/C15H18N4O2S/c1-9(2)7-13-18-19-15(22-13)17-14(21)11-5-4-6-12(8-11)16-10(3)20/h4-6,8-9H,7H2,1-3H3,(H,16,20)(H,17,19,21). The Labute approximate surface area is 133 Å². The van der Waals surface area contributed by atoms with Gasteiger partial charge in [-0.15, -0.1) is 10.2 Å². The second kappa shape index (κ2) is 7.13.